The molecule has 1 N–H and O–H groups in total. The summed E-state index contributed by atoms with van der Waals surface area (Å²) in [4.78, 5) is 21.5. The second kappa shape index (κ2) is 7.09. The maximum absolute atomic E-state index is 11.9. The Morgan fingerprint density at radius 3 is 2.73 bits per heavy atom. The number of ether oxygens (including phenoxy) is 2. The highest BCUT2D eigenvalue weighted by molar-refractivity contribution is 6.30. The van der Waals surface area contributed by atoms with Gasteiger partial charge in [-0.1, -0.05) is 11.6 Å². The van der Waals surface area contributed by atoms with Crippen LogP contribution >= 0.6 is 11.6 Å². The molecule has 0 unspecified atom stereocenters. The molecule has 0 aliphatic carbocycles. The van der Waals surface area contributed by atoms with E-state index in [9.17, 15) is 9.90 Å². The summed E-state index contributed by atoms with van der Waals surface area (Å²) >= 11 is 6.09. The minimum absolute atomic E-state index is 0.0154. The Balaban J connectivity index is 2.08. The highest BCUT2D eigenvalue weighted by atomic mass is 35.5. The number of aromatic nitrogens is 3. The van der Waals surface area contributed by atoms with Crippen molar-refractivity contribution < 1.29 is 19.4 Å². The molecule has 0 aliphatic rings. The third kappa shape index (κ3) is 3.23. The molecule has 0 radical (unpaired) electrons. The number of fused-ring (bicyclic) bond motifs is 1. The van der Waals surface area contributed by atoms with Gasteiger partial charge in [0, 0.05) is 24.7 Å². The van der Waals surface area contributed by atoms with Crippen molar-refractivity contribution in [3.8, 4) is 11.5 Å². The van der Waals surface area contributed by atoms with E-state index >= 15 is 0 Å². The maximum Gasteiger partial charge on any atom is 0.413 e. The van der Waals surface area contributed by atoms with Crippen LogP contribution in [0.1, 0.15) is 5.56 Å². The van der Waals surface area contributed by atoms with Crippen molar-refractivity contribution in [1.29, 1.82) is 0 Å². The van der Waals surface area contributed by atoms with Crippen molar-refractivity contribution in [3.63, 3.8) is 0 Å². The second-order valence-corrected chi connectivity index (χ2v) is 5.93. The predicted octanol–water partition coefficient (Wildman–Crippen LogP) is 3.32. The lowest BCUT2D eigenvalue weighted by atomic mass is 10.1. The Bertz CT molecular complexity index is 973. The molecule has 136 valence electrons. The van der Waals surface area contributed by atoms with Crippen molar-refractivity contribution in [2.75, 3.05) is 19.1 Å². The van der Waals surface area contributed by atoms with Crippen LogP contribution in [0.15, 0.2) is 30.6 Å². The van der Waals surface area contributed by atoms with Gasteiger partial charge in [-0.25, -0.2) is 14.8 Å². The van der Waals surface area contributed by atoms with Crippen LogP contribution in [0.25, 0.3) is 11.0 Å². The van der Waals surface area contributed by atoms with E-state index in [1.54, 1.807) is 49.3 Å². The van der Waals surface area contributed by atoms with Gasteiger partial charge in [-0.05, 0) is 12.1 Å². The summed E-state index contributed by atoms with van der Waals surface area (Å²) in [6, 6.07) is 6.81. The molecule has 0 aliphatic heterocycles. The molecule has 8 nitrogen and oxygen atoms in total. The number of rotatable bonds is 5. The Morgan fingerprint density at radius 2 is 2.08 bits per heavy atom. The topological polar surface area (TPSA) is 89.7 Å². The molecule has 0 atom stereocenters. The van der Waals surface area contributed by atoms with Crippen LogP contribution in [0.4, 0.5) is 10.6 Å². The van der Waals surface area contributed by atoms with Gasteiger partial charge in [-0.15, -0.1) is 0 Å². The van der Waals surface area contributed by atoms with Crippen molar-refractivity contribution >= 4 is 34.5 Å². The number of carboxylic acid groups (broad SMARTS) is 1. The van der Waals surface area contributed by atoms with Crippen molar-refractivity contribution in [3.05, 3.63) is 41.3 Å². The largest absolute Gasteiger partial charge is 0.497 e. The second-order valence-electron chi connectivity index (χ2n) is 5.54. The highest BCUT2D eigenvalue weighted by Crippen LogP contribution is 2.31. The number of methoxy groups -OCH3 is 2. The average Bonchev–Trinajstić information content (AvgIpc) is 2.99. The van der Waals surface area contributed by atoms with Crippen molar-refractivity contribution in [2.45, 2.75) is 6.54 Å². The first-order chi connectivity index (χ1) is 12.4. The van der Waals surface area contributed by atoms with Gasteiger partial charge in [0.1, 0.15) is 22.2 Å². The van der Waals surface area contributed by atoms with E-state index in [1.807, 2.05) is 0 Å². The molecule has 0 saturated carbocycles. The molecule has 0 spiro atoms. The van der Waals surface area contributed by atoms with Gasteiger partial charge in [0.2, 0.25) is 0 Å². The molecule has 3 aromatic rings. The first-order valence-electron chi connectivity index (χ1n) is 7.63. The number of imidazole rings is 1. The summed E-state index contributed by atoms with van der Waals surface area (Å²) in [6.07, 6.45) is 0.407. The van der Waals surface area contributed by atoms with Crippen LogP contribution in [0.2, 0.25) is 5.15 Å². The first kappa shape index (κ1) is 17.8. The number of hydrogen-bond donors (Lipinski definition) is 1. The Labute approximate surface area is 154 Å². The average molecular weight is 377 g/mol. The lowest BCUT2D eigenvalue weighted by Gasteiger charge is -2.20. The summed E-state index contributed by atoms with van der Waals surface area (Å²) in [7, 11) is 4.86. The summed E-state index contributed by atoms with van der Waals surface area (Å²) in [6.45, 7) is 0.0154. The van der Waals surface area contributed by atoms with Crippen molar-refractivity contribution in [1.82, 2.24) is 14.5 Å². The van der Waals surface area contributed by atoms with Crippen LogP contribution < -0.4 is 14.4 Å². The number of hydrogen-bond acceptors (Lipinski definition) is 5. The minimum atomic E-state index is -1.18. The molecule has 0 bridgehead atoms. The maximum atomic E-state index is 11.9. The number of pyridine rings is 1. The first-order valence-corrected chi connectivity index (χ1v) is 8.01. The number of carbonyl (C=O) groups is 1. The zero-order valence-electron chi connectivity index (χ0n) is 14.4. The van der Waals surface area contributed by atoms with E-state index in [0.29, 0.717) is 28.1 Å². The number of halogens is 1. The van der Waals surface area contributed by atoms with Gasteiger partial charge in [0.15, 0.2) is 5.82 Å². The normalized spacial score (nSPS) is 10.8. The highest BCUT2D eigenvalue weighted by Gasteiger charge is 2.23. The number of benzene rings is 1. The number of nitrogens with zero attached hydrogens (tertiary/aromatic N) is 4. The Morgan fingerprint density at radius 1 is 1.31 bits per heavy atom. The molecule has 1 amide bonds. The molecule has 9 heteroatoms. The monoisotopic (exact) mass is 376 g/mol. The van der Waals surface area contributed by atoms with Crippen LogP contribution in [0, 0.1) is 0 Å². The van der Waals surface area contributed by atoms with Crippen LogP contribution in [-0.2, 0) is 13.6 Å². The zero-order valence-corrected chi connectivity index (χ0v) is 15.2. The lowest BCUT2D eigenvalue weighted by Crippen LogP contribution is -2.30. The molecule has 3 rings (SSSR count). The Hall–Kier alpha value is -3.00. The molecular formula is C17H17ClN4O4. The van der Waals surface area contributed by atoms with E-state index < -0.39 is 6.09 Å². The van der Waals surface area contributed by atoms with E-state index in [1.165, 1.54) is 7.11 Å². The van der Waals surface area contributed by atoms with Gasteiger partial charge in [-0.3, -0.25) is 4.90 Å². The smallest absolute Gasteiger partial charge is 0.413 e. The minimum Gasteiger partial charge on any atom is -0.497 e. The number of amides is 1. The van der Waals surface area contributed by atoms with Crippen LogP contribution in [0.3, 0.4) is 0 Å². The fourth-order valence-corrected chi connectivity index (χ4v) is 2.84. The Kier molecular flexibility index (Phi) is 4.85. The van der Waals surface area contributed by atoms with E-state index in [0.717, 1.165) is 4.90 Å². The van der Waals surface area contributed by atoms with Crippen molar-refractivity contribution in [2.24, 2.45) is 7.05 Å². The van der Waals surface area contributed by atoms with E-state index in [2.05, 4.69) is 9.97 Å². The van der Waals surface area contributed by atoms with Crippen LogP contribution in [0.5, 0.6) is 11.5 Å². The molecule has 2 heterocycles. The third-order valence-corrected chi connectivity index (χ3v) is 4.17. The third-order valence-electron chi connectivity index (χ3n) is 3.97. The van der Waals surface area contributed by atoms with E-state index in [-0.39, 0.29) is 17.5 Å². The van der Waals surface area contributed by atoms with Gasteiger partial charge in [0.25, 0.3) is 0 Å². The quantitative estimate of drug-likeness (QED) is 0.687. The standard InChI is InChI=1S/C17H17ClN4O4/c1-21-9-19-15-12(21)7-14(18)20-16(15)22(17(23)24)8-10-4-5-11(25-2)6-13(10)26-3/h4-7,9H,8H2,1-3H3,(H,23,24). The van der Waals surface area contributed by atoms with Crippen LogP contribution in [-0.4, -0.2) is 40.0 Å². The fourth-order valence-electron chi connectivity index (χ4n) is 2.66. The zero-order chi connectivity index (χ0) is 18.8. The van der Waals surface area contributed by atoms with Gasteiger partial charge in [0.05, 0.1) is 32.6 Å². The fraction of sp³-hybridized carbons (Fsp3) is 0.235. The molecule has 0 fully saturated rings. The van der Waals surface area contributed by atoms with Gasteiger partial charge in [-0.2, -0.15) is 0 Å². The summed E-state index contributed by atoms with van der Waals surface area (Å²) in [5.74, 6) is 1.29. The molecule has 2 aromatic heterocycles. The molecule has 0 saturated heterocycles. The van der Waals surface area contributed by atoms with E-state index in [4.69, 9.17) is 21.1 Å². The number of aryl methyl sites for hydroxylation is 1. The number of anilines is 1. The molecular weight excluding hydrogens is 360 g/mol. The summed E-state index contributed by atoms with van der Waals surface area (Å²) in [5.41, 5.74) is 1.79. The predicted molar refractivity (Wildman–Crippen MR) is 97.3 cm³/mol. The SMILES string of the molecule is COc1ccc(CN(C(=O)O)c2nc(Cl)cc3c2ncn3C)c(OC)c1. The summed E-state index contributed by atoms with van der Waals surface area (Å²) < 4.78 is 12.3. The van der Waals surface area contributed by atoms with Gasteiger partial charge >= 0.3 is 6.09 Å². The molecule has 26 heavy (non-hydrogen) atoms. The van der Waals surface area contributed by atoms with Gasteiger partial charge < -0.3 is 19.1 Å². The lowest BCUT2D eigenvalue weighted by molar-refractivity contribution is 0.201. The summed E-state index contributed by atoms with van der Waals surface area (Å²) in [5, 5.41) is 9.94. The molecule has 1 aromatic carbocycles.